The van der Waals surface area contributed by atoms with Crippen molar-refractivity contribution in [1.82, 2.24) is 29.4 Å². The lowest BCUT2D eigenvalue weighted by molar-refractivity contribution is 0.190. The van der Waals surface area contributed by atoms with Gasteiger partial charge in [0.05, 0.1) is 0 Å². The summed E-state index contributed by atoms with van der Waals surface area (Å²) in [6, 6.07) is 1.90. The average Bonchev–Trinajstić information content (AvgIpc) is 3.13. The minimum Gasteiger partial charge on any atom is -0.324 e. The van der Waals surface area contributed by atoms with Crippen molar-refractivity contribution in [1.29, 1.82) is 0 Å². The summed E-state index contributed by atoms with van der Waals surface area (Å²) in [5.41, 5.74) is 0. The van der Waals surface area contributed by atoms with E-state index in [0.717, 1.165) is 25.2 Å². The molecule has 1 aliphatic rings. The Morgan fingerprint density at radius 3 is 2.96 bits per heavy atom. The quantitative estimate of drug-likeness (QED) is 0.835. The topological polar surface area (TPSA) is 83.8 Å². The summed E-state index contributed by atoms with van der Waals surface area (Å²) >= 11 is 5.33. The third kappa shape index (κ3) is 3.35. The Morgan fingerprint density at radius 2 is 2.29 bits per heavy atom. The zero-order valence-electron chi connectivity index (χ0n) is 14.2. The Balaban J connectivity index is 1.72. The first-order valence-electron chi connectivity index (χ1n) is 8.18. The molecule has 8 nitrogen and oxygen atoms in total. The number of likely N-dealkylation sites (tertiary alicyclic amines) is 1. The van der Waals surface area contributed by atoms with Crippen LogP contribution in [-0.2, 0) is 7.05 Å². The molecule has 9 heteroatoms. The van der Waals surface area contributed by atoms with Gasteiger partial charge < -0.3 is 9.47 Å². The van der Waals surface area contributed by atoms with Crippen LogP contribution in [0.15, 0.2) is 12.3 Å². The number of rotatable bonds is 3. The van der Waals surface area contributed by atoms with Crippen molar-refractivity contribution in [2.45, 2.75) is 38.6 Å². The molecule has 2 aromatic heterocycles. The van der Waals surface area contributed by atoms with Gasteiger partial charge in [-0.05, 0) is 38.9 Å². The monoisotopic (exact) mass is 349 g/mol. The van der Waals surface area contributed by atoms with Gasteiger partial charge in [-0.1, -0.05) is 0 Å². The number of aromatic amines is 1. The molecule has 1 fully saturated rings. The first-order valence-corrected chi connectivity index (χ1v) is 8.59. The summed E-state index contributed by atoms with van der Waals surface area (Å²) < 4.78 is 4.34. The number of piperidine rings is 1. The van der Waals surface area contributed by atoms with E-state index in [1.54, 1.807) is 16.9 Å². The Kier molecular flexibility index (Phi) is 4.70. The van der Waals surface area contributed by atoms with Gasteiger partial charge in [0.15, 0.2) is 10.6 Å². The molecule has 2 amide bonds. The number of hydrogen-bond donors (Lipinski definition) is 2. The largest absolute Gasteiger partial charge is 0.324 e. The second-order valence-electron chi connectivity index (χ2n) is 6.44. The normalized spacial score (nSPS) is 18.2. The molecule has 24 heavy (non-hydrogen) atoms. The third-order valence-corrected chi connectivity index (χ3v) is 4.56. The van der Waals surface area contributed by atoms with Gasteiger partial charge in [0, 0.05) is 44.4 Å². The van der Waals surface area contributed by atoms with Gasteiger partial charge in [0.2, 0.25) is 0 Å². The number of aryl methyl sites for hydroxylation is 1. The van der Waals surface area contributed by atoms with E-state index in [0.29, 0.717) is 17.1 Å². The molecule has 0 bridgehead atoms. The molecule has 0 spiro atoms. The molecule has 1 atom stereocenters. The van der Waals surface area contributed by atoms with Crippen LogP contribution in [0.2, 0.25) is 0 Å². The fourth-order valence-corrected chi connectivity index (χ4v) is 3.50. The molecule has 130 valence electrons. The van der Waals surface area contributed by atoms with Gasteiger partial charge in [-0.15, -0.1) is 0 Å². The first kappa shape index (κ1) is 16.7. The van der Waals surface area contributed by atoms with Crippen LogP contribution in [0.25, 0.3) is 0 Å². The van der Waals surface area contributed by atoms with Gasteiger partial charge in [-0.2, -0.15) is 10.2 Å². The molecule has 1 aliphatic heterocycles. The van der Waals surface area contributed by atoms with Gasteiger partial charge >= 0.3 is 6.03 Å². The van der Waals surface area contributed by atoms with Crippen LogP contribution in [0.3, 0.4) is 0 Å². The number of urea groups is 1. The van der Waals surface area contributed by atoms with Crippen LogP contribution in [0.5, 0.6) is 0 Å². The molecular formula is C15H23N7OS. The van der Waals surface area contributed by atoms with E-state index < -0.39 is 0 Å². The van der Waals surface area contributed by atoms with Gasteiger partial charge in [0.1, 0.15) is 5.82 Å². The third-order valence-electron chi connectivity index (χ3n) is 4.27. The molecule has 0 aliphatic carbocycles. The molecule has 2 aromatic rings. The minimum atomic E-state index is -0.122. The number of nitrogens with zero attached hydrogens (tertiary/aromatic N) is 5. The number of aromatic nitrogens is 5. The summed E-state index contributed by atoms with van der Waals surface area (Å²) in [6.45, 7) is 5.54. The van der Waals surface area contributed by atoms with Crippen LogP contribution in [0.1, 0.15) is 44.5 Å². The van der Waals surface area contributed by atoms with Gasteiger partial charge in [-0.3, -0.25) is 15.1 Å². The maximum Gasteiger partial charge on any atom is 0.323 e. The van der Waals surface area contributed by atoms with Gasteiger partial charge in [-0.25, -0.2) is 4.79 Å². The average molecular weight is 349 g/mol. The van der Waals surface area contributed by atoms with Crippen molar-refractivity contribution in [2.75, 3.05) is 18.4 Å². The minimum absolute atomic E-state index is 0.122. The smallest absolute Gasteiger partial charge is 0.323 e. The van der Waals surface area contributed by atoms with Crippen molar-refractivity contribution in [3.8, 4) is 0 Å². The Hall–Kier alpha value is -2.16. The van der Waals surface area contributed by atoms with Gasteiger partial charge in [0.25, 0.3) is 0 Å². The highest BCUT2D eigenvalue weighted by atomic mass is 32.1. The van der Waals surface area contributed by atoms with Crippen LogP contribution < -0.4 is 5.32 Å². The fourth-order valence-electron chi connectivity index (χ4n) is 3.15. The lowest BCUT2D eigenvalue weighted by atomic mass is 9.97. The predicted molar refractivity (Wildman–Crippen MR) is 93.6 cm³/mol. The van der Waals surface area contributed by atoms with Crippen molar-refractivity contribution in [3.63, 3.8) is 0 Å². The molecule has 1 unspecified atom stereocenters. The van der Waals surface area contributed by atoms with E-state index in [1.807, 2.05) is 16.5 Å². The first-order chi connectivity index (χ1) is 11.5. The van der Waals surface area contributed by atoms with E-state index in [1.165, 1.54) is 0 Å². The molecule has 1 saturated heterocycles. The zero-order chi connectivity index (χ0) is 17.3. The second kappa shape index (κ2) is 6.76. The van der Waals surface area contributed by atoms with Crippen LogP contribution in [0.4, 0.5) is 10.6 Å². The van der Waals surface area contributed by atoms with E-state index >= 15 is 0 Å². The second-order valence-corrected chi connectivity index (χ2v) is 6.83. The Labute approximate surface area is 145 Å². The summed E-state index contributed by atoms with van der Waals surface area (Å²) in [6.07, 6.45) is 3.74. The summed E-state index contributed by atoms with van der Waals surface area (Å²) in [5.74, 6) is 1.68. The highest BCUT2D eigenvalue weighted by Gasteiger charge is 2.29. The molecule has 3 heterocycles. The number of H-pyrrole nitrogens is 1. The Morgan fingerprint density at radius 1 is 1.50 bits per heavy atom. The van der Waals surface area contributed by atoms with E-state index in [9.17, 15) is 4.79 Å². The molecule has 3 rings (SSSR count). The number of amides is 2. The number of anilines is 1. The maximum atomic E-state index is 12.5. The molecular weight excluding hydrogens is 326 g/mol. The highest BCUT2D eigenvalue weighted by molar-refractivity contribution is 7.71. The number of carbonyl (C=O) groups excluding carboxylic acids is 1. The maximum absolute atomic E-state index is 12.5. The van der Waals surface area contributed by atoms with Crippen LogP contribution >= 0.6 is 12.2 Å². The SMILES string of the molecule is CC(C)n1c(C2CCCN(C(=O)Nc3ccn(C)n3)C2)n[nH]c1=S. The molecule has 0 saturated carbocycles. The van der Waals surface area contributed by atoms with Crippen molar-refractivity contribution < 1.29 is 4.79 Å². The van der Waals surface area contributed by atoms with E-state index in [-0.39, 0.29) is 18.0 Å². The lowest BCUT2D eigenvalue weighted by Gasteiger charge is -2.32. The fraction of sp³-hybridized carbons (Fsp3) is 0.600. The standard InChI is InChI=1S/C15H23N7OS/c1-10(2)22-13(17-18-15(22)24)11-5-4-7-21(9-11)14(23)16-12-6-8-20(3)19-12/h6,8,10-11H,4-5,7,9H2,1-3H3,(H,18,24)(H,16,19,23). The van der Waals surface area contributed by atoms with Crippen LogP contribution in [0, 0.1) is 4.77 Å². The lowest BCUT2D eigenvalue weighted by Crippen LogP contribution is -2.42. The van der Waals surface area contributed by atoms with Crippen molar-refractivity contribution >= 4 is 24.1 Å². The Bertz CT molecular complexity index is 775. The number of hydrogen-bond acceptors (Lipinski definition) is 4. The van der Waals surface area contributed by atoms with E-state index in [2.05, 4.69) is 34.5 Å². The summed E-state index contributed by atoms with van der Waals surface area (Å²) in [4.78, 5) is 14.3. The molecule has 2 N–H and O–H groups in total. The van der Waals surface area contributed by atoms with Crippen LogP contribution in [-0.4, -0.2) is 48.6 Å². The number of nitrogens with one attached hydrogen (secondary N) is 2. The number of carbonyl (C=O) groups is 1. The molecule has 0 radical (unpaired) electrons. The summed E-state index contributed by atoms with van der Waals surface area (Å²) in [5, 5.41) is 14.3. The van der Waals surface area contributed by atoms with Crippen molar-refractivity contribution in [3.05, 3.63) is 22.9 Å². The highest BCUT2D eigenvalue weighted by Crippen LogP contribution is 2.27. The zero-order valence-corrected chi connectivity index (χ0v) is 15.0. The van der Waals surface area contributed by atoms with E-state index in [4.69, 9.17) is 12.2 Å². The summed E-state index contributed by atoms with van der Waals surface area (Å²) in [7, 11) is 1.82. The molecule has 0 aromatic carbocycles. The van der Waals surface area contributed by atoms with Crippen molar-refractivity contribution in [2.24, 2.45) is 7.05 Å². The predicted octanol–water partition coefficient (Wildman–Crippen LogP) is 2.67.